The number of halogens is 5. The highest BCUT2D eigenvalue weighted by atomic mass is 35.5. The van der Waals surface area contributed by atoms with Crippen molar-refractivity contribution in [2.45, 2.75) is 47.1 Å². The molecule has 1 aromatic heterocycles. The molecule has 33 heavy (non-hydrogen) atoms. The molecule has 0 saturated carbocycles. The second kappa shape index (κ2) is 12.8. The number of carbonyl (C=O) groups excluding carboxylic acids is 2. The lowest BCUT2D eigenvalue weighted by Crippen LogP contribution is -2.40. The third kappa shape index (κ3) is 6.47. The van der Waals surface area contributed by atoms with Crippen molar-refractivity contribution in [2.24, 2.45) is 5.73 Å². The highest BCUT2D eigenvalue weighted by Crippen LogP contribution is 2.28. The molecule has 5 nitrogen and oxygen atoms in total. The summed E-state index contributed by atoms with van der Waals surface area (Å²) in [4.78, 5) is 27.4. The number of nitrogens with two attached hydrogens (primary N) is 1. The number of urea groups is 1. The van der Waals surface area contributed by atoms with E-state index in [-0.39, 0.29) is 17.9 Å². The molecule has 0 spiro atoms. The SMILES string of the molecule is CC.CC.NC(=O)N(Cc1ccc(F)c(F)c1F)C(=O)CCc1c[nH]c2c(Cl)c(F)ccc12. The molecular formula is C23H26ClF4N3O2. The largest absolute Gasteiger partial charge is 0.360 e. The molecule has 0 unspecified atom stereocenters. The van der Waals surface area contributed by atoms with Gasteiger partial charge in [0, 0.05) is 23.6 Å². The Bertz CT molecular complexity index is 1120. The highest BCUT2D eigenvalue weighted by Gasteiger charge is 2.23. The molecule has 0 atom stereocenters. The van der Waals surface area contributed by atoms with E-state index in [1.54, 1.807) is 6.20 Å². The van der Waals surface area contributed by atoms with Crippen LogP contribution in [0.1, 0.15) is 45.2 Å². The maximum atomic E-state index is 13.9. The van der Waals surface area contributed by atoms with Crippen LogP contribution in [0, 0.1) is 23.3 Å². The fraction of sp³-hybridized carbons (Fsp3) is 0.304. The summed E-state index contributed by atoms with van der Waals surface area (Å²) >= 11 is 5.89. The molecule has 0 fully saturated rings. The molecule has 0 aliphatic carbocycles. The Morgan fingerprint density at radius 2 is 1.55 bits per heavy atom. The predicted molar refractivity (Wildman–Crippen MR) is 121 cm³/mol. The van der Waals surface area contributed by atoms with E-state index in [4.69, 9.17) is 17.3 Å². The van der Waals surface area contributed by atoms with Gasteiger partial charge in [0.25, 0.3) is 0 Å². The Kier molecular flexibility index (Phi) is 10.9. The van der Waals surface area contributed by atoms with Gasteiger partial charge in [0.1, 0.15) is 10.8 Å². The predicted octanol–water partition coefficient (Wildman–Crippen LogP) is 6.47. The Labute approximate surface area is 194 Å². The van der Waals surface area contributed by atoms with Gasteiger partial charge in [0.2, 0.25) is 5.91 Å². The molecular weight excluding hydrogens is 462 g/mol. The zero-order valence-electron chi connectivity index (χ0n) is 18.7. The lowest BCUT2D eigenvalue weighted by Gasteiger charge is -2.19. The number of primary amides is 1. The normalized spacial score (nSPS) is 10.1. The van der Waals surface area contributed by atoms with Gasteiger partial charge in [-0.15, -0.1) is 0 Å². The van der Waals surface area contributed by atoms with Gasteiger partial charge in [-0.3, -0.25) is 9.69 Å². The van der Waals surface area contributed by atoms with E-state index in [0.717, 1.165) is 6.07 Å². The van der Waals surface area contributed by atoms with E-state index in [1.807, 2.05) is 27.7 Å². The van der Waals surface area contributed by atoms with Crippen LogP contribution < -0.4 is 5.73 Å². The molecule has 2 aromatic carbocycles. The van der Waals surface area contributed by atoms with Crippen molar-refractivity contribution in [1.82, 2.24) is 9.88 Å². The Hall–Kier alpha value is -3.07. The molecule has 180 valence electrons. The standard InChI is InChI=1S/C19H14ClF4N3O2.2C2H6/c20-15-12(21)5-3-11-9(7-26-18(11)15)2-6-14(28)27(19(25)29)8-10-1-4-13(22)17(24)16(10)23;2*1-2/h1,3-5,7,26H,2,6,8H2,(H2,25,29);2*1-2H3. The molecule has 3 amide bonds. The minimum absolute atomic E-state index is 0.0901. The second-order valence-electron chi connectivity index (χ2n) is 6.25. The summed E-state index contributed by atoms with van der Waals surface area (Å²) in [6.45, 7) is 7.35. The van der Waals surface area contributed by atoms with E-state index in [0.29, 0.717) is 27.4 Å². The van der Waals surface area contributed by atoms with Gasteiger partial charge in [-0.2, -0.15) is 0 Å². The number of aromatic amines is 1. The van der Waals surface area contributed by atoms with Crippen molar-refractivity contribution in [3.8, 4) is 0 Å². The smallest absolute Gasteiger partial charge is 0.321 e. The van der Waals surface area contributed by atoms with Crippen LogP contribution in [0.4, 0.5) is 22.4 Å². The lowest BCUT2D eigenvalue weighted by atomic mass is 10.1. The van der Waals surface area contributed by atoms with Crippen molar-refractivity contribution in [3.63, 3.8) is 0 Å². The number of aromatic nitrogens is 1. The number of amides is 3. The first kappa shape index (κ1) is 28.0. The number of hydrogen-bond acceptors (Lipinski definition) is 2. The fourth-order valence-corrected chi connectivity index (χ4v) is 3.15. The van der Waals surface area contributed by atoms with Crippen LogP contribution in [0.2, 0.25) is 5.02 Å². The Morgan fingerprint density at radius 3 is 2.15 bits per heavy atom. The van der Waals surface area contributed by atoms with E-state index < -0.39 is 47.3 Å². The first-order valence-electron chi connectivity index (χ1n) is 10.4. The van der Waals surface area contributed by atoms with Crippen LogP contribution in [0.25, 0.3) is 10.9 Å². The van der Waals surface area contributed by atoms with Gasteiger partial charge >= 0.3 is 6.03 Å². The van der Waals surface area contributed by atoms with Crippen LogP contribution in [0.3, 0.4) is 0 Å². The van der Waals surface area contributed by atoms with Crippen LogP contribution in [-0.2, 0) is 17.8 Å². The number of aryl methyl sites for hydroxylation is 1. The molecule has 10 heteroatoms. The van der Waals surface area contributed by atoms with E-state index >= 15 is 0 Å². The van der Waals surface area contributed by atoms with Gasteiger partial charge in [-0.1, -0.05) is 45.4 Å². The number of nitrogens with zero attached hydrogens (tertiary/aromatic N) is 1. The second-order valence-corrected chi connectivity index (χ2v) is 6.63. The average molecular weight is 488 g/mol. The summed E-state index contributed by atoms with van der Waals surface area (Å²) in [7, 11) is 0. The first-order valence-corrected chi connectivity index (χ1v) is 10.7. The topological polar surface area (TPSA) is 79.2 Å². The van der Waals surface area contributed by atoms with Gasteiger partial charge in [0.15, 0.2) is 17.5 Å². The molecule has 0 bridgehead atoms. The number of hydrogen-bond donors (Lipinski definition) is 2. The zero-order chi connectivity index (χ0) is 25.3. The number of rotatable bonds is 5. The Morgan fingerprint density at radius 1 is 0.939 bits per heavy atom. The molecule has 3 N–H and O–H groups in total. The molecule has 0 radical (unpaired) electrons. The van der Waals surface area contributed by atoms with E-state index in [2.05, 4.69) is 4.98 Å². The first-order chi connectivity index (χ1) is 15.7. The molecule has 0 aliphatic rings. The molecule has 0 aliphatic heterocycles. The summed E-state index contributed by atoms with van der Waals surface area (Å²) in [6.07, 6.45) is 1.49. The fourth-order valence-electron chi connectivity index (χ4n) is 2.93. The summed E-state index contributed by atoms with van der Waals surface area (Å²) in [6, 6.07) is 3.13. The van der Waals surface area contributed by atoms with Crippen molar-refractivity contribution >= 4 is 34.4 Å². The number of nitrogens with one attached hydrogen (secondary N) is 1. The minimum Gasteiger partial charge on any atom is -0.360 e. The van der Waals surface area contributed by atoms with Crippen molar-refractivity contribution in [3.05, 3.63) is 69.9 Å². The third-order valence-corrected chi connectivity index (χ3v) is 4.82. The van der Waals surface area contributed by atoms with E-state index in [9.17, 15) is 27.2 Å². The van der Waals surface area contributed by atoms with Gasteiger partial charge < -0.3 is 10.7 Å². The van der Waals surface area contributed by atoms with Crippen molar-refractivity contribution in [2.75, 3.05) is 0 Å². The molecule has 0 saturated heterocycles. The minimum atomic E-state index is -1.71. The number of H-pyrrole nitrogens is 1. The number of imide groups is 1. The van der Waals surface area contributed by atoms with Gasteiger partial charge in [-0.05, 0) is 30.2 Å². The van der Waals surface area contributed by atoms with Crippen LogP contribution >= 0.6 is 11.6 Å². The van der Waals surface area contributed by atoms with Crippen LogP contribution in [-0.4, -0.2) is 21.8 Å². The van der Waals surface area contributed by atoms with Gasteiger partial charge in [0.05, 0.1) is 12.1 Å². The number of benzene rings is 2. The Balaban J connectivity index is 0.00000129. The van der Waals surface area contributed by atoms with Crippen molar-refractivity contribution < 1.29 is 27.2 Å². The average Bonchev–Trinajstić information content (AvgIpc) is 3.24. The zero-order valence-corrected chi connectivity index (χ0v) is 19.5. The number of fused-ring (bicyclic) bond motifs is 1. The summed E-state index contributed by atoms with van der Waals surface area (Å²) < 4.78 is 53.8. The summed E-state index contributed by atoms with van der Waals surface area (Å²) in [5.41, 5.74) is 5.80. The van der Waals surface area contributed by atoms with Crippen molar-refractivity contribution in [1.29, 1.82) is 0 Å². The monoisotopic (exact) mass is 487 g/mol. The van der Waals surface area contributed by atoms with Gasteiger partial charge in [-0.25, -0.2) is 22.4 Å². The summed E-state index contributed by atoms with van der Waals surface area (Å²) in [5.74, 6) is -5.95. The third-order valence-electron chi connectivity index (χ3n) is 4.45. The molecule has 3 aromatic rings. The van der Waals surface area contributed by atoms with E-state index in [1.165, 1.54) is 12.1 Å². The maximum Gasteiger partial charge on any atom is 0.321 e. The van der Waals surface area contributed by atoms with Crippen LogP contribution in [0.5, 0.6) is 0 Å². The highest BCUT2D eigenvalue weighted by molar-refractivity contribution is 6.35. The van der Waals surface area contributed by atoms with Crippen LogP contribution in [0.15, 0.2) is 30.5 Å². The molecule has 1 heterocycles. The quantitative estimate of drug-likeness (QED) is 0.319. The number of carbonyl (C=O) groups is 2. The summed E-state index contributed by atoms with van der Waals surface area (Å²) in [5, 5.41) is 0.508. The maximum absolute atomic E-state index is 13.9. The molecule has 3 rings (SSSR count). The lowest BCUT2D eigenvalue weighted by molar-refractivity contribution is -0.128.